The van der Waals surface area contributed by atoms with Gasteiger partial charge in [-0.2, -0.15) is 5.10 Å². The first-order valence-electron chi connectivity index (χ1n) is 9.10. The largest absolute Gasteiger partial charge is 0.350 e. The number of nitrogens with one attached hydrogen (secondary N) is 1. The summed E-state index contributed by atoms with van der Waals surface area (Å²) in [7, 11) is 0. The fraction of sp³-hybridized carbons (Fsp3) is 0.190. The van der Waals surface area contributed by atoms with Crippen molar-refractivity contribution in [2.45, 2.75) is 20.0 Å². The summed E-state index contributed by atoms with van der Waals surface area (Å²) in [6, 6.07) is 13.8. The first-order valence-corrected chi connectivity index (χ1v) is 9.98. The van der Waals surface area contributed by atoms with E-state index in [1.165, 1.54) is 0 Å². The lowest BCUT2D eigenvalue weighted by Gasteiger charge is -2.08. The van der Waals surface area contributed by atoms with Crippen molar-refractivity contribution in [3.8, 4) is 10.6 Å². The van der Waals surface area contributed by atoms with Gasteiger partial charge in [0.15, 0.2) is 0 Å². The number of carbonyl (C=O) groups is 1. The lowest BCUT2D eigenvalue weighted by Crippen LogP contribution is -2.27. The minimum atomic E-state index is -0.0718. The Morgan fingerprint density at radius 3 is 2.79 bits per heavy atom. The van der Waals surface area contributed by atoms with Crippen molar-refractivity contribution in [2.24, 2.45) is 0 Å². The number of hydrogen-bond donors (Lipinski definition) is 1. The smallest absolute Gasteiger partial charge is 0.251 e. The summed E-state index contributed by atoms with van der Waals surface area (Å²) in [5, 5.41) is 9.65. The Bertz CT molecular complexity index is 1030. The van der Waals surface area contributed by atoms with E-state index < -0.39 is 0 Å². The molecule has 4 rings (SSSR count). The average Bonchev–Trinajstić information content (AvgIpc) is 3.45. The molecular weight excluding hydrogens is 370 g/mol. The zero-order chi connectivity index (χ0) is 19.3. The van der Waals surface area contributed by atoms with Crippen LogP contribution in [0.3, 0.4) is 0 Å². The van der Waals surface area contributed by atoms with Gasteiger partial charge in [-0.1, -0.05) is 18.2 Å². The van der Waals surface area contributed by atoms with Gasteiger partial charge in [0.05, 0.1) is 17.7 Å². The molecule has 3 heterocycles. The normalized spacial score (nSPS) is 10.9. The fourth-order valence-corrected chi connectivity index (χ4v) is 3.69. The predicted molar refractivity (Wildman–Crippen MR) is 110 cm³/mol. The van der Waals surface area contributed by atoms with Crippen LogP contribution in [0, 0.1) is 6.92 Å². The average molecular weight is 392 g/mol. The van der Waals surface area contributed by atoms with E-state index in [-0.39, 0.29) is 5.91 Å². The van der Waals surface area contributed by atoms with Gasteiger partial charge in [0, 0.05) is 36.7 Å². The summed E-state index contributed by atoms with van der Waals surface area (Å²) >= 11 is 1.68. The molecule has 7 heteroatoms. The van der Waals surface area contributed by atoms with Crippen molar-refractivity contribution in [2.75, 3.05) is 6.54 Å². The maximum Gasteiger partial charge on any atom is 0.251 e. The van der Waals surface area contributed by atoms with Crippen molar-refractivity contribution in [1.82, 2.24) is 24.6 Å². The molecule has 0 atom stereocenters. The molecule has 0 fully saturated rings. The summed E-state index contributed by atoms with van der Waals surface area (Å²) < 4.78 is 3.93. The molecule has 0 unspecified atom stereocenters. The number of thiophene rings is 1. The molecule has 0 aliphatic heterocycles. The number of benzene rings is 1. The molecule has 1 aromatic carbocycles. The Morgan fingerprint density at radius 2 is 2.07 bits per heavy atom. The second-order valence-corrected chi connectivity index (χ2v) is 7.51. The van der Waals surface area contributed by atoms with E-state index in [1.807, 2.05) is 58.1 Å². The number of amides is 1. The number of aryl methyl sites for hydroxylation is 1. The lowest BCUT2D eigenvalue weighted by molar-refractivity contribution is 0.0952. The van der Waals surface area contributed by atoms with Crippen LogP contribution in [0.5, 0.6) is 0 Å². The van der Waals surface area contributed by atoms with Crippen LogP contribution in [-0.2, 0) is 13.1 Å². The second-order valence-electron chi connectivity index (χ2n) is 6.56. The third kappa shape index (κ3) is 4.20. The topological polar surface area (TPSA) is 64.7 Å². The maximum absolute atomic E-state index is 12.4. The highest BCUT2D eigenvalue weighted by Gasteiger charge is 2.09. The molecule has 0 saturated carbocycles. The molecule has 0 aliphatic rings. The quantitative estimate of drug-likeness (QED) is 0.524. The third-order valence-electron chi connectivity index (χ3n) is 4.50. The van der Waals surface area contributed by atoms with Crippen LogP contribution in [0.15, 0.2) is 66.6 Å². The van der Waals surface area contributed by atoms with E-state index in [1.54, 1.807) is 23.9 Å². The van der Waals surface area contributed by atoms with Gasteiger partial charge in [0.25, 0.3) is 5.91 Å². The van der Waals surface area contributed by atoms with E-state index in [2.05, 4.69) is 27.5 Å². The van der Waals surface area contributed by atoms with Crippen molar-refractivity contribution in [3.63, 3.8) is 0 Å². The predicted octanol–water partition coefficient (Wildman–Crippen LogP) is 3.59. The molecule has 28 heavy (non-hydrogen) atoms. The zero-order valence-electron chi connectivity index (χ0n) is 15.6. The number of hydrogen-bond acceptors (Lipinski definition) is 4. The van der Waals surface area contributed by atoms with E-state index in [0.29, 0.717) is 18.7 Å². The lowest BCUT2D eigenvalue weighted by atomic mass is 10.1. The van der Waals surface area contributed by atoms with Crippen molar-refractivity contribution in [1.29, 1.82) is 0 Å². The number of aromatic nitrogens is 4. The van der Waals surface area contributed by atoms with Gasteiger partial charge < -0.3 is 9.88 Å². The molecule has 0 saturated heterocycles. The molecular formula is C21H21N5OS. The minimum absolute atomic E-state index is 0.0718. The summed E-state index contributed by atoms with van der Waals surface area (Å²) in [6.45, 7) is 3.95. The van der Waals surface area contributed by atoms with Crippen LogP contribution in [0.25, 0.3) is 10.6 Å². The fourth-order valence-electron chi connectivity index (χ4n) is 3.01. The van der Waals surface area contributed by atoms with E-state index in [0.717, 1.165) is 28.4 Å². The van der Waals surface area contributed by atoms with Crippen LogP contribution >= 0.6 is 11.3 Å². The Labute approximate surface area is 167 Å². The molecule has 4 aromatic rings. The zero-order valence-corrected chi connectivity index (χ0v) is 16.4. The Hall–Kier alpha value is -3.19. The molecule has 0 radical (unpaired) electrons. The van der Waals surface area contributed by atoms with E-state index >= 15 is 0 Å². The van der Waals surface area contributed by atoms with Crippen LogP contribution in [0.2, 0.25) is 0 Å². The molecule has 1 N–H and O–H groups in total. The number of imidazole rings is 1. The molecule has 0 spiro atoms. The Morgan fingerprint density at radius 1 is 1.21 bits per heavy atom. The Balaban J connectivity index is 1.31. The highest BCUT2D eigenvalue weighted by Crippen LogP contribution is 2.23. The summed E-state index contributed by atoms with van der Waals surface area (Å²) in [5.41, 5.74) is 3.85. The molecule has 0 bridgehead atoms. The van der Waals surface area contributed by atoms with Gasteiger partial charge in [-0.05, 0) is 42.1 Å². The highest BCUT2D eigenvalue weighted by atomic mass is 32.1. The van der Waals surface area contributed by atoms with Crippen LogP contribution < -0.4 is 5.32 Å². The van der Waals surface area contributed by atoms with Crippen LogP contribution in [0.4, 0.5) is 0 Å². The van der Waals surface area contributed by atoms with E-state index in [4.69, 9.17) is 0 Å². The number of carbonyl (C=O) groups excluding carboxylic acids is 1. The van der Waals surface area contributed by atoms with Gasteiger partial charge in [-0.3, -0.25) is 9.48 Å². The first-order chi connectivity index (χ1) is 13.7. The third-order valence-corrected chi connectivity index (χ3v) is 5.40. The molecule has 142 valence electrons. The van der Waals surface area contributed by atoms with Crippen molar-refractivity contribution >= 4 is 17.2 Å². The summed E-state index contributed by atoms with van der Waals surface area (Å²) in [6.07, 6.45) is 5.45. The number of rotatable bonds is 7. The van der Waals surface area contributed by atoms with Gasteiger partial charge in [0.2, 0.25) is 0 Å². The summed E-state index contributed by atoms with van der Waals surface area (Å²) in [4.78, 5) is 17.6. The standard InChI is InChI=1S/C21H21N5OS/c1-16-13-19(20-3-2-12-28-20)24-26(16)11-9-23-21(27)18-6-4-17(5-7-18)14-25-10-8-22-15-25/h2-8,10,12-13,15H,9,11,14H2,1H3,(H,23,27). The molecule has 0 aliphatic carbocycles. The van der Waals surface area contributed by atoms with Crippen molar-refractivity contribution < 1.29 is 4.79 Å². The van der Waals surface area contributed by atoms with Gasteiger partial charge in [-0.15, -0.1) is 11.3 Å². The monoisotopic (exact) mass is 391 g/mol. The summed E-state index contributed by atoms with van der Waals surface area (Å²) in [5.74, 6) is -0.0718. The second kappa shape index (κ2) is 8.22. The van der Waals surface area contributed by atoms with Crippen molar-refractivity contribution in [3.05, 3.63) is 83.4 Å². The van der Waals surface area contributed by atoms with Gasteiger partial charge in [-0.25, -0.2) is 4.98 Å². The van der Waals surface area contributed by atoms with Crippen LogP contribution in [-0.4, -0.2) is 31.8 Å². The van der Waals surface area contributed by atoms with Gasteiger partial charge in [0.1, 0.15) is 5.69 Å². The number of nitrogens with zero attached hydrogens (tertiary/aromatic N) is 4. The first kappa shape index (κ1) is 18.2. The molecule has 6 nitrogen and oxygen atoms in total. The maximum atomic E-state index is 12.4. The minimum Gasteiger partial charge on any atom is -0.350 e. The SMILES string of the molecule is Cc1cc(-c2cccs2)nn1CCNC(=O)c1ccc(Cn2ccnc2)cc1. The Kier molecular flexibility index (Phi) is 5.34. The van der Waals surface area contributed by atoms with E-state index in [9.17, 15) is 4.79 Å². The molecule has 1 amide bonds. The molecule has 3 aromatic heterocycles. The van der Waals surface area contributed by atoms with Gasteiger partial charge >= 0.3 is 0 Å². The van der Waals surface area contributed by atoms with Crippen LogP contribution in [0.1, 0.15) is 21.6 Å². The highest BCUT2D eigenvalue weighted by molar-refractivity contribution is 7.13.